The van der Waals surface area contributed by atoms with Gasteiger partial charge in [0.05, 0.1) is 19.2 Å². The van der Waals surface area contributed by atoms with Crippen molar-refractivity contribution in [3.05, 3.63) is 91.9 Å². The number of H-pyrrole nitrogens is 1. The van der Waals surface area contributed by atoms with E-state index in [0.717, 1.165) is 10.1 Å². The van der Waals surface area contributed by atoms with Gasteiger partial charge in [-0.2, -0.15) is 0 Å². The largest absolute Gasteiger partial charge is 0.497 e. The molecule has 2 aromatic heterocycles. The second-order valence-corrected chi connectivity index (χ2v) is 7.28. The summed E-state index contributed by atoms with van der Waals surface area (Å²) in [5, 5.41) is 4.58. The summed E-state index contributed by atoms with van der Waals surface area (Å²) in [6, 6.07) is 15.5. The van der Waals surface area contributed by atoms with Crippen LogP contribution in [-0.2, 0) is 6.54 Å². The third-order valence-electron chi connectivity index (χ3n) is 4.50. The third kappa shape index (κ3) is 3.83. The molecule has 0 saturated heterocycles. The second kappa shape index (κ2) is 7.76. The van der Waals surface area contributed by atoms with E-state index in [9.17, 15) is 14.4 Å². The maximum absolute atomic E-state index is 12.5. The first kappa shape index (κ1) is 18.7. The smallest absolute Gasteiger partial charge is 0.329 e. The number of thiophene rings is 1. The molecule has 2 N–H and O–H groups in total. The maximum atomic E-state index is 12.5. The van der Waals surface area contributed by atoms with Gasteiger partial charge < -0.3 is 15.0 Å². The van der Waals surface area contributed by atoms with Crippen molar-refractivity contribution < 1.29 is 9.53 Å². The molecule has 0 spiro atoms. The molecule has 4 rings (SSSR count). The van der Waals surface area contributed by atoms with E-state index in [1.165, 1.54) is 11.3 Å². The Hall–Kier alpha value is -3.65. The van der Waals surface area contributed by atoms with Gasteiger partial charge in [0.2, 0.25) is 0 Å². The Morgan fingerprint density at radius 3 is 2.48 bits per heavy atom. The van der Waals surface area contributed by atoms with Crippen LogP contribution < -0.4 is 21.3 Å². The van der Waals surface area contributed by atoms with Crippen LogP contribution in [0.1, 0.15) is 15.9 Å². The van der Waals surface area contributed by atoms with Crippen molar-refractivity contribution in [2.24, 2.45) is 0 Å². The van der Waals surface area contributed by atoms with Crippen LogP contribution in [0.4, 0.5) is 5.69 Å². The highest BCUT2D eigenvalue weighted by molar-refractivity contribution is 7.17. The van der Waals surface area contributed by atoms with Gasteiger partial charge in [-0.1, -0.05) is 12.1 Å². The lowest BCUT2D eigenvalue weighted by molar-refractivity contribution is 0.102. The van der Waals surface area contributed by atoms with Crippen molar-refractivity contribution in [3.8, 4) is 5.75 Å². The number of aromatic nitrogens is 2. The van der Waals surface area contributed by atoms with Gasteiger partial charge in [-0.15, -0.1) is 11.3 Å². The molecule has 0 saturated carbocycles. The third-order valence-corrected chi connectivity index (χ3v) is 5.40. The minimum Gasteiger partial charge on any atom is -0.497 e. The number of benzene rings is 2. The minimum atomic E-state index is -0.456. The lowest BCUT2D eigenvalue weighted by atomic mass is 10.1. The Morgan fingerprint density at radius 1 is 1.07 bits per heavy atom. The molecule has 29 heavy (non-hydrogen) atoms. The monoisotopic (exact) mass is 407 g/mol. The van der Waals surface area contributed by atoms with Gasteiger partial charge in [0, 0.05) is 11.3 Å². The number of carbonyl (C=O) groups is 1. The van der Waals surface area contributed by atoms with E-state index < -0.39 is 5.69 Å². The molecular weight excluding hydrogens is 390 g/mol. The van der Waals surface area contributed by atoms with Crippen molar-refractivity contribution in [2.75, 3.05) is 12.4 Å². The molecule has 0 fully saturated rings. The molecule has 2 heterocycles. The van der Waals surface area contributed by atoms with E-state index in [1.54, 1.807) is 67.1 Å². The van der Waals surface area contributed by atoms with Crippen molar-refractivity contribution in [3.63, 3.8) is 0 Å². The first-order valence-corrected chi connectivity index (χ1v) is 9.68. The number of fused-ring (bicyclic) bond motifs is 1. The van der Waals surface area contributed by atoms with Gasteiger partial charge in [-0.25, -0.2) is 4.79 Å². The lowest BCUT2D eigenvalue weighted by Crippen LogP contribution is -2.34. The number of nitrogens with zero attached hydrogens (tertiary/aromatic N) is 1. The van der Waals surface area contributed by atoms with Crippen molar-refractivity contribution in [1.82, 2.24) is 9.55 Å². The van der Waals surface area contributed by atoms with Crippen molar-refractivity contribution >= 4 is 33.1 Å². The lowest BCUT2D eigenvalue weighted by Gasteiger charge is -2.08. The molecule has 1 amide bonds. The van der Waals surface area contributed by atoms with Crippen LogP contribution in [0.25, 0.3) is 10.2 Å². The fourth-order valence-electron chi connectivity index (χ4n) is 2.94. The quantitative estimate of drug-likeness (QED) is 0.532. The SMILES string of the molecule is COc1ccc(NC(=O)c2ccc(Cn3c(=O)[nH]c4ccsc4c3=O)cc2)cc1. The topological polar surface area (TPSA) is 93.2 Å². The van der Waals surface area contributed by atoms with Gasteiger partial charge in [0.15, 0.2) is 0 Å². The number of amides is 1. The Balaban J connectivity index is 1.51. The van der Waals surface area contributed by atoms with E-state index in [1.807, 2.05) is 0 Å². The Bertz CT molecular complexity index is 1280. The molecular formula is C21H17N3O4S. The maximum Gasteiger partial charge on any atom is 0.329 e. The van der Waals surface area contributed by atoms with E-state index >= 15 is 0 Å². The van der Waals surface area contributed by atoms with Gasteiger partial charge in [-0.05, 0) is 53.4 Å². The minimum absolute atomic E-state index is 0.127. The number of hydrogen-bond donors (Lipinski definition) is 2. The van der Waals surface area contributed by atoms with Crippen LogP contribution in [0.15, 0.2) is 69.6 Å². The molecule has 0 radical (unpaired) electrons. The van der Waals surface area contributed by atoms with E-state index in [4.69, 9.17) is 4.74 Å². The zero-order chi connectivity index (χ0) is 20.4. The number of ether oxygens (including phenoxy) is 1. The number of aromatic amines is 1. The van der Waals surface area contributed by atoms with Gasteiger partial charge in [0.1, 0.15) is 10.4 Å². The van der Waals surface area contributed by atoms with Crippen LogP contribution in [0.3, 0.4) is 0 Å². The predicted octanol–water partition coefficient (Wildman–Crippen LogP) is 3.06. The van der Waals surface area contributed by atoms with Crippen LogP contribution >= 0.6 is 11.3 Å². The normalized spacial score (nSPS) is 10.8. The number of carbonyl (C=O) groups excluding carboxylic acids is 1. The van der Waals surface area contributed by atoms with Crippen LogP contribution in [0.5, 0.6) is 5.75 Å². The summed E-state index contributed by atoms with van der Waals surface area (Å²) in [6.45, 7) is 0.127. The van der Waals surface area contributed by atoms with Gasteiger partial charge in [0.25, 0.3) is 11.5 Å². The summed E-state index contributed by atoms with van der Waals surface area (Å²) in [4.78, 5) is 39.9. The van der Waals surface area contributed by atoms with Crippen molar-refractivity contribution in [2.45, 2.75) is 6.54 Å². The molecule has 4 aromatic rings. The molecule has 0 aliphatic carbocycles. The fraction of sp³-hybridized carbons (Fsp3) is 0.0952. The number of nitrogens with one attached hydrogen (secondary N) is 2. The summed E-state index contributed by atoms with van der Waals surface area (Å²) < 4.78 is 6.77. The van der Waals surface area contributed by atoms with Crippen LogP contribution in [0.2, 0.25) is 0 Å². The zero-order valence-corrected chi connectivity index (χ0v) is 16.3. The molecule has 146 valence electrons. The zero-order valence-electron chi connectivity index (χ0n) is 15.5. The van der Waals surface area contributed by atoms with Gasteiger partial charge >= 0.3 is 5.69 Å². The molecule has 0 bridgehead atoms. The molecule has 0 atom stereocenters. The summed E-state index contributed by atoms with van der Waals surface area (Å²) in [6.07, 6.45) is 0. The van der Waals surface area contributed by atoms with E-state index in [-0.39, 0.29) is 18.0 Å². The standard InChI is InChI=1S/C21H17N3O4S/c1-28-16-8-6-15(7-9-16)22-19(25)14-4-2-13(3-5-14)12-24-20(26)18-17(10-11-29-18)23-21(24)27/h2-11H,12H2,1H3,(H,22,25)(H,23,27). The highest BCUT2D eigenvalue weighted by Crippen LogP contribution is 2.16. The number of hydrogen-bond acceptors (Lipinski definition) is 5. The molecule has 8 heteroatoms. The van der Waals surface area contributed by atoms with Gasteiger partial charge in [-0.3, -0.25) is 14.2 Å². The number of methoxy groups -OCH3 is 1. The van der Waals surface area contributed by atoms with E-state index in [2.05, 4.69) is 10.3 Å². The average molecular weight is 407 g/mol. The number of rotatable bonds is 5. The highest BCUT2D eigenvalue weighted by atomic mass is 32.1. The summed E-state index contributed by atoms with van der Waals surface area (Å²) in [5.41, 5.74) is 1.64. The summed E-state index contributed by atoms with van der Waals surface area (Å²) in [7, 11) is 1.58. The average Bonchev–Trinajstić information content (AvgIpc) is 3.20. The first-order chi connectivity index (χ1) is 14.0. The molecule has 0 unspecified atom stereocenters. The Kier molecular flexibility index (Phi) is 5.01. The second-order valence-electron chi connectivity index (χ2n) is 6.36. The Morgan fingerprint density at radius 2 is 1.79 bits per heavy atom. The fourth-order valence-corrected chi connectivity index (χ4v) is 3.73. The molecule has 0 aliphatic rings. The molecule has 2 aromatic carbocycles. The van der Waals surface area contributed by atoms with E-state index in [0.29, 0.717) is 27.2 Å². The van der Waals surface area contributed by atoms with Crippen LogP contribution in [0, 0.1) is 0 Å². The highest BCUT2D eigenvalue weighted by Gasteiger charge is 2.10. The number of anilines is 1. The predicted molar refractivity (Wildman–Crippen MR) is 113 cm³/mol. The summed E-state index contributed by atoms with van der Waals surface area (Å²) >= 11 is 1.29. The first-order valence-electron chi connectivity index (χ1n) is 8.80. The van der Waals surface area contributed by atoms with Crippen LogP contribution in [-0.4, -0.2) is 22.6 Å². The molecule has 7 nitrogen and oxygen atoms in total. The summed E-state index contributed by atoms with van der Waals surface area (Å²) in [5.74, 6) is 0.454. The van der Waals surface area contributed by atoms with Crippen molar-refractivity contribution in [1.29, 1.82) is 0 Å². The molecule has 0 aliphatic heterocycles. The Labute approximate surface area is 169 Å².